The number of hydrogen-bond acceptors (Lipinski definition) is 4. The summed E-state index contributed by atoms with van der Waals surface area (Å²) >= 11 is 0. The van der Waals surface area contributed by atoms with Crippen LogP contribution in [0.5, 0.6) is 0 Å². The number of unbranched alkanes of at least 4 members (excludes halogenated alkanes) is 20. The molecule has 0 amide bonds. The van der Waals surface area contributed by atoms with Crippen LogP contribution in [0.3, 0.4) is 0 Å². The van der Waals surface area contributed by atoms with E-state index in [9.17, 15) is 9.59 Å². The predicted octanol–water partition coefficient (Wildman–Crippen LogP) is 14.1. The zero-order valence-corrected chi connectivity index (χ0v) is 33.0. The summed E-state index contributed by atoms with van der Waals surface area (Å²) < 4.78 is 12.2. The molecule has 0 aromatic rings. The minimum atomic E-state index is -0.328. The van der Waals surface area contributed by atoms with Crippen molar-refractivity contribution in [2.24, 2.45) is 23.7 Å². The van der Waals surface area contributed by atoms with Gasteiger partial charge in [0.2, 0.25) is 0 Å². The zero-order chi connectivity index (χ0) is 34.9. The average molecular weight is 677 g/mol. The Balaban J connectivity index is 2.63. The summed E-state index contributed by atoms with van der Waals surface area (Å²) in [7, 11) is 0. The largest absolute Gasteiger partial charge is 0.465 e. The Hall–Kier alpha value is -1.06. The van der Waals surface area contributed by atoms with Gasteiger partial charge in [-0.3, -0.25) is 9.59 Å². The monoisotopic (exact) mass is 677 g/mol. The summed E-state index contributed by atoms with van der Waals surface area (Å²) in [6, 6.07) is 0. The fourth-order valence-corrected chi connectivity index (χ4v) is 7.78. The van der Waals surface area contributed by atoms with E-state index in [1.165, 1.54) is 154 Å². The van der Waals surface area contributed by atoms with E-state index in [2.05, 4.69) is 27.7 Å². The van der Waals surface area contributed by atoms with E-state index in [1.807, 2.05) is 0 Å². The molecule has 48 heavy (non-hydrogen) atoms. The molecule has 0 aromatic heterocycles. The lowest BCUT2D eigenvalue weighted by Gasteiger charge is -2.29. The Morgan fingerprint density at radius 1 is 0.417 bits per heavy atom. The molecule has 0 aliphatic heterocycles. The van der Waals surface area contributed by atoms with Crippen LogP contribution in [0.4, 0.5) is 0 Å². The molecule has 1 aliphatic rings. The van der Waals surface area contributed by atoms with Gasteiger partial charge < -0.3 is 9.47 Å². The average Bonchev–Trinajstić information content (AvgIpc) is 3.10. The number of rotatable bonds is 34. The first-order valence-corrected chi connectivity index (χ1v) is 21.9. The predicted molar refractivity (Wildman–Crippen MR) is 206 cm³/mol. The molecule has 1 fully saturated rings. The lowest BCUT2D eigenvalue weighted by molar-refractivity contribution is -0.164. The maximum absolute atomic E-state index is 13.5. The van der Waals surface area contributed by atoms with Crippen LogP contribution in [-0.2, 0) is 19.1 Å². The van der Waals surface area contributed by atoms with E-state index < -0.39 is 0 Å². The van der Waals surface area contributed by atoms with Crippen LogP contribution in [0.25, 0.3) is 0 Å². The second-order valence-electron chi connectivity index (χ2n) is 15.7. The van der Waals surface area contributed by atoms with Crippen molar-refractivity contribution in [1.82, 2.24) is 0 Å². The van der Waals surface area contributed by atoms with Gasteiger partial charge in [0.15, 0.2) is 0 Å². The maximum atomic E-state index is 13.5. The van der Waals surface area contributed by atoms with Crippen molar-refractivity contribution in [3.63, 3.8) is 0 Å². The number of carbonyl (C=O) groups is 2. The highest BCUT2D eigenvalue weighted by atomic mass is 16.5. The fraction of sp³-hybridized carbons (Fsp3) is 0.955. The lowest BCUT2D eigenvalue weighted by atomic mass is 9.79. The third-order valence-corrected chi connectivity index (χ3v) is 11.2. The van der Waals surface area contributed by atoms with Gasteiger partial charge in [0.25, 0.3) is 0 Å². The number of hydrogen-bond donors (Lipinski definition) is 0. The molecular weight excluding hydrogens is 592 g/mol. The van der Waals surface area contributed by atoms with E-state index in [0.717, 1.165) is 51.4 Å². The molecule has 0 saturated heterocycles. The summed E-state index contributed by atoms with van der Waals surface area (Å²) in [6.07, 6.45) is 39.4. The fourth-order valence-electron chi connectivity index (χ4n) is 7.78. The van der Waals surface area contributed by atoms with E-state index >= 15 is 0 Å². The third kappa shape index (κ3) is 24.2. The van der Waals surface area contributed by atoms with Gasteiger partial charge in [-0.2, -0.15) is 0 Å². The van der Waals surface area contributed by atoms with Crippen molar-refractivity contribution in [3.05, 3.63) is 0 Å². The van der Waals surface area contributed by atoms with Crippen LogP contribution >= 0.6 is 0 Å². The molecule has 4 nitrogen and oxygen atoms in total. The van der Waals surface area contributed by atoms with Gasteiger partial charge in [0.1, 0.15) is 0 Å². The third-order valence-electron chi connectivity index (χ3n) is 11.2. The van der Waals surface area contributed by atoms with Gasteiger partial charge in [-0.1, -0.05) is 195 Å². The Kier molecular flexibility index (Phi) is 31.0. The summed E-state index contributed by atoms with van der Waals surface area (Å²) in [5.41, 5.74) is 0. The van der Waals surface area contributed by atoms with Gasteiger partial charge in [-0.15, -0.1) is 0 Å². The van der Waals surface area contributed by atoms with Crippen LogP contribution in [-0.4, -0.2) is 25.2 Å². The highest BCUT2D eigenvalue weighted by Crippen LogP contribution is 2.33. The van der Waals surface area contributed by atoms with E-state index in [1.54, 1.807) is 0 Å². The van der Waals surface area contributed by atoms with Gasteiger partial charge in [-0.05, 0) is 50.4 Å². The molecule has 284 valence electrons. The van der Waals surface area contributed by atoms with Gasteiger partial charge in [0.05, 0.1) is 25.0 Å². The second-order valence-corrected chi connectivity index (χ2v) is 15.7. The molecule has 1 rings (SSSR count). The van der Waals surface area contributed by atoms with Crippen molar-refractivity contribution < 1.29 is 19.1 Å². The molecule has 0 heterocycles. The van der Waals surface area contributed by atoms with Crippen molar-refractivity contribution >= 4 is 11.9 Å². The van der Waals surface area contributed by atoms with Crippen molar-refractivity contribution in [1.29, 1.82) is 0 Å². The van der Waals surface area contributed by atoms with Crippen molar-refractivity contribution in [2.45, 2.75) is 233 Å². The SMILES string of the molecule is CCCCCCCCCC(CCCCCCC)COC(=O)C1CCCCC1C(=O)OCC(CCCCCCC)CCCCCCCCC. The molecule has 0 spiro atoms. The topological polar surface area (TPSA) is 52.6 Å². The minimum absolute atomic E-state index is 0.136. The second kappa shape index (κ2) is 33.1. The van der Waals surface area contributed by atoms with Crippen LogP contribution in [0.15, 0.2) is 0 Å². The summed E-state index contributed by atoms with van der Waals surface area (Å²) in [6.45, 7) is 10.1. The van der Waals surface area contributed by atoms with Crippen LogP contribution in [0, 0.1) is 23.7 Å². The lowest BCUT2D eigenvalue weighted by Crippen LogP contribution is -2.36. The molecule has 4 atom stereocenters. The van der Waals surface area contributed by atoms with E-state index in [-0.39, 0.29) is 23.8 Å². The highest BCUT2D eigenvalue weighted by molar-refractivity contribution is 5.82. The molecule has 4 unspecified atom stereocenters. The Morgan fingerprint density at radius 3 is 0.938 bits per heavy atom. The number of ether oxygens (including phenoxy) is 2. The molecule has 1 saturated carbocycles. The molecule has 0 bridgehead atoms. The molecule has 0 N–H and O–H groups in total. The summed E-state index contributed by atoms with van der Waals surface area (Å²) in [4.78, 5) is 27.0. The molecule has 4 heteroatoms. The van der Waals surface area contributed by atoms with Crippen LogP contribution in [0.2, 0.25) is 0 Å². The molecule has 0 aromatic carbocycles. The minimum Gasteiger partial charge on any atom is -0.465 e. The first kappa shape index (κ1) is 45.0. The molecular formula is C44H84O4. The quantitative estimate of drug-likeness (QED) is 0.0503. The van der Waals surface area contributed by atoms with E-state index in [0.29, 0.717) is 25.0 Å². The van der Waals surface area contributed by atoms with Gasteiger partial charge in [0, 0.05) is 0 Å². The Morgan fingerprint density at radius 2 is 0.667 bits per heavy atom. The first-order chi connectivity index (χ1) is 23.6. The Labute approximate surface area is 300 Å². The molecule has 0 radical (unpaired) electrons. The van der Waals surface area contributed by atoms with Crippen LogP contribution in [0.1, 0.15) is 233 Å². The summed E-state index contributed by atoms with van der Waals surface area (Å²) in [5, 5.41) is 0. The smallest absolute Gasteiger partial charge is 0.309 e. The van der Waals surface area contributed by atoms with Crippen LogP contribution < -0.4 is 0 Å². The standard InChI is InChI=1S/C44H84O4/c1-5-9-13-17-19-23-27-33-39(31-25-21-15-11-7-3)37-47-43(45)41-35-29-30-36-42(41)44(46)48-38-40(32-26-22-16-12-8-4)34-28-24-20-18-14-10-6-2/h39-42H,5-38H2,1-4H3. The Bertz CT molecular complexity index is 661. The molecule has 1 aliphatic carbocycles. The number of carbonyl (C=O) groups excluding carboxylic acids is 2. The summed E-state index contributed by atoms with van der Waals surface area (Å²) in [5.74, 6) is -0.0309. The van der Waals surface area contributed by atoms with Crippen molar-refractivity contribution in [2.75, 3.05) is 13.2 Å². The maximum Gasteiger partial charge on any atom is 0.309 e. The van der Waals surface area contributed by atoms with Gasteiger partial charge in [-0.25, -0.2) is 0 Å². The first-order valence-electron chi connectivity index (χ1n) is 21.9. The van der Waals surface area contributed by atoms with Gasteiger partial charge >= 0.3 is 11.9 Å². The normalized spacial score (nSPS) is 17.7. The van der Waals surface area contributed by atoms with Crippen molar-refractivity contribution in [3.8, 4) is 0 Å². The highest BCUT2D eigenvalue weighted by Gasteiger charge is 2.38. The van der Waals surface area contributed by atoms with E-state index in [4.69, 9.17) is 9.47 Å². The number of esters is 2. The zero-order valence-electron chi connectivity index (χ0n) is 33.0.